The molecule has 3 rings (SSSR count). The lowest BCUT2D eigenvalue weighted by Gasteiger charge is -2.28. The topological polar surface area (TPSA) is 70.2 Å². The molecule has 2 aromatic rings. The molecule has 0 atom stereocenters. The Morgan fingerprint density at radius 2 is 1.85 bits per heavy atom. The van der Waals surface area contributed by atoms with Crippen molar-refractivity contribution in [2.75, 3.05) is 29.9 Å². The smallest absolute Gasteiger partial charge is 0.270 e. The van der Waals surface area contributed by atoms with Crippen LogP contribution >= 0.6 is 0 Å². The molecular weight excluding hydrogens is 338 g/mol. The highest BCUT2D eigenvalue weighted by molar-refractivity contribution is 5.92. The average Bonchev–Trinajstić information content (AvgIpc) is 2.69. The summed E-state index contributed by atoms with van der Waals surface area (Å²) >= 11 is 0. The molecule has 1 aromatic heterocycles. The van der Waals surface area contributed by atoms with Gasteiger partial charge in [-0.1, -0.05) is 13.8 Å². The van der Waals surface area contributed by atoms with E-state index in [-0.39, 0.29) is 5.91 Å². The van der Waals surface area contributed by atoms with Crippen LogP contribution in [0.2, 0.25) is 0 Å². The van der Waals surface area contributed by atoms with Gasteiger partial charge in [0, 0.05) is 37.1 Å². The van der Waals surface area contributed by atoms with E-state index in [0.29, 0.717) is 24.0 Å². The van der Waals surface area contributed by atoms with Crippen molar-refractivity contribution in [1.82, 2.24) is 15.3 Å². The van der Waals surface area contributed by atoms with Crippen molar-refractivity contribution >= 4 is 23.1 Å². The van der Waals surface area contributed by atoms with E-state index in [1.165, 1.54) is 31.3 Å². The van der Waals surface area contributed by atoms with Gasteiger partial charge in [-0.2, -0.15) is 0 Å². The molecule has 6 heteroatoms. The molecule has 0 radical (unpaired) electrons. The fourth-order valence-electron chi connectivity index (χ4n) is 3.17. The van der Waals surface area contributed by atoms with Gasteiger partial charge in [-0.3, -0.25) is 4.79 Å². The number of piperidine rings is 1. The van der Waals surface area contributed by atoms with E-state index in [0.717, 1.165) is 25.2 Å². The Morgan fingerprint density at radius 1 is 1.11 bits per heavy atom. The number of nitrogens with zero attached hydrogens (tertiary/aromatic N) is 3. The number of nitrogens with one attached hydrogen (secondary N) is 2. The number of benzene rings is 1. The molecule has 1 aromatic carbocycles. The van der Waals surface area contributed by atoms with Crippen LogP contribution in [0.25, 0.3) is 0 Å². The van der Waals surface area contributed by atoms with Gasteiger partial charge < -0.3 is 15.5 Å². The average molecular weight is 367 g/mol. The summed E-state index contributed by atoms with van der Waals surface area (Å²) in [7, 11) is 0. The molecule has 0 bridgehead atoms. The normalized spacial score (nSPS) is 14.3. The van der Waals surface area contributed by atoms with Crippen molar-refractivity contribution in [2.24, 2.45) is 5.92 Å². The molecule has 1 aliphatic rings. The lowest BCUT2D eigenvalue weighted by molar-refractivity contribution is 0.0947. The highest BCUT2D eigenvalue weighted by Gasteiger charge is 2.11. The maximum atomic E-state index is 12.2. The molecular formula is C21H29N5O. The van der Waals surface area contributed by atoms with Crippen LogP contribution in [-0.2, 0) is 0 Å². The second-order valence-electron chi connectivity index (χ2n) is 7.45. The first kappa shape index (κ1) is 19.1. The first-order valence-corrected chi connectivity index (χ1v) is 9.84. The van der Waals surface area contributed by atoms with Crippen LogP contribution in [0.15, 0.2) is 36.7 Å². The fraction of sp³-hybridized carbons (Fsp3) is 0.476. The maximum absolute atomic E-state index is 12.2. The largest absolute Gasteiger partial charge is 0.372 e. The van der Waals surface area contributed by atoms with E-state index < -0.39 is 0 Å². The quantitative estimate of drug-likeness (QED) is 0.774. The summed E-state index contributed by atoms with van der Waals surface area (Å²) in [4.78, 5) is 23.0. The zero-order valence-electron chi connectivity index (χ0n) is 16.2. The minimum absolute atomic E-state index is 0.165. The van der Waals surface area contributed by atoms with Gasteiger partial charge in [0.05, 0.1) is 0 Å². The second kappa shape index (κ2) is 9.35. The van der Waals surface area contributed by atoms with Gasteiger partial charge >= 0.3 is 0 Å². The number of carbonyl (C=O) groups is 1. The number of hydrogen-bond donors (Lipinski definition) is 2. The molecule has 144 valence electrons. The van der Waals surface area contributed by atoms with Gasteiger partial charge in [0.25, 0.3) is 5.91 Å². The first-order chi connectivity index (χ1) is 13.1. The van der Waals surface area contributed by atoms with Crippen molar-refractivity contribution < 1.29 is 4.79 Å². The van der Waals surface area contributed by atoms with Crippen LogP contribution in [0.1, 0.15) is 50.0 Å². The van der Waals surface area contributed by atoms with Crippen LogP contribution in [0.4, 0.5) is 17.2 Å². The van der Waals surface area contributed by atoms with Gasteiger partial charge in [-0.05, 0) is 55.9 Å². The van der Waals surface area contributed by atoms with Crippen molar-refractivity contribution in [2.45, 2.75) is 39.5 Å². The Morgan fingerprint density at radius 3 is 2.56 bits per heavy atom. The van der Waals surface area contributed by atoms with Crippen LogP contribution in [0, 0.1) is 5.92 Å². The van der Waals surface area contributed by atoms with Gasteiger partial charge in [0.15, 0.2) is 0 Å². The standard InChI is InChI=1S/C21H29N5O/c1-16(2)10-11-22-21(27)19-14-20(24-15-23-19)25-17-6-8-18(9-7-17)26-12-4-3-5-13-26/h6-9,14-16H,3-5,10-13H2,1-2H3,(H,22,27)(H,23,24,25). The summed E-state index contributed by atoms with van der Waals surface area (Å²) in [5.74, 6) is 1.01. The predicted molar refractivity (Wildman–Crippen MR) is 110 cm³/mol. The molecule has 6 nitrogen and oxygen atoms in total. The number of amides is 1. The van der Waals surface area contributed by atoms with Gasteiger partial charge in [0.1, 0.15) is 17.8 Å². The number of carbonyl (C=O) groups excluding carboxylic acids is 1. The molecule has 1 fully saturated rings. The SMILES string of the molecule is CC(C)CCNC(=O)c1cc(Nc2ccc(N3CCCCC3)cc2)ncn1. The lowest BCUT2D eigenvalue weighted by atomic mass is 10.1. The molecule has 0 aliphatic carbocycles. The number of anilines is 3. The molecule has 0 saturated carbocycles. The minimum Gasteiger partial charge on any atom is -0.372 e. The third-order valence-corrected chi connectivity index (χ3v) is 4.77. The molecule has 1 amide bonds. The van der Waals surface area contributed by atoms with Gasteiger partial charge in [-0.15, -0.1) is 0 Å². The molecule has 27 heavy (non-hydrogen) atoms. The van der Waals surface area contributed by atoms with Crippen molar-refractivity contribution in [3.8, 4) is 0 Å². The Bertz CT molecular complexity index is 738. The number of rotatable bonds is 7. The highest BCUT2D eigenvalue weighted by atomic mass is 16.1. The summed E-state index contributed by atoms with van der Waals surface area (Å²) < 4.78 is 0. The van der Waals surface area contributed by atoms with E-state index in [1.807, 2.05) is 0 Å². The van der Waals surface area contributed by atoms with E-state index >= 15 is 0 Å². The Hall–Kier alpha value is -2.63. The molecule has 1 saturated heterocycles. The molecule has 1 aliphatic heterocycles. The lowest BCUT2D eigenvalue weighted by Crippen LogP contribution is -2.29. The summed E-state index contributed by atoms with van der Waals surface area (Å²) in [5, 5.41) is 6.16. The van der Waals surface area contributed by atoms with E-state index in [2.05, 4.69) is 63.6 Å². The Labute approximate surface area is 161 Å². The monoisotopic (exact) mass is 367 g/mol. The third-order valence-electron chi connectivity index (χ3n) is 4.77. The fourth-order valence-corrected chi connectivity index (χ4v) is 3.17. The number of aromatic nitrogens is 2. The van der Waals surface area contributed by atoms with E-state index in [1.54, 1.807) is 6.07 Å². The summed E-state index contributed by atoms with van der Waals surface area (Å²) in [6.45, 7) is 7.19. The predicted octanol–water partition coefficient (Wildman–Crippen LogP) is 3.99. The third kappa shape index (κ3) is 5.67. The highest BCUT2D eigenvalue weighted by Crippen LogP contribution is 2.23. The zero-order valence-corrected chi connectivity index (χ0v) is 16.2. The van der Waals surface area contributed by atoms with E-state index in [9.17, 15) is 4.79 Å². The molecule has 0 unspecified atom stereocenters. The van der Waals surface area contributed by atoms with Crippen LogP contribution in [0.3, 0.4) is 0 Å². The second-order valence-corrected chi connectivity index (χ2v) is 7.45. The summed E-state index contributed by atoms with van der Waals surface area (Å²) in [5.41, 5.74) is 2.58. The zero-order chi connectivity index (χ0) is 19.1. The van der Waals surface area contributed by atoms with Crippen molar-refractivity contribution in [3.05, 3.63) is 42.4 Å². The summed E-state index contributed by atoms with van der Waals surface area (Å²) in [6.07, 6.45) is 6.23. The minimum atomic E-state index is -0.165. The van der Waals surface area contributed by atoms with Crippen molar-refractivity contribution in [3.63, 3.8) is 0 Å². The van der Waals surface area contributed by atoms with Crippen molar-refractivity contribution in [1.29, 1.82) is 0 Å². The summed E-state index contributed by atoms with van der Waals surface area (Å²) in [6, 6.07) is 10.1. The van der Waals surface area contributed by atoms with Crippen LogP contribution in [-0.4, -0.2) is 35.5 Å². The maximum Gasteiger partial charge on any atom is 0.270 e. The van der Waals surface area contributed by atoms with Crippen LogP contribution < -0.4 is 15.5 Å². The Balaban J connectivity index is 1.59. The number of hydrogen-bond acceptors (Lipinski definition) is 5. The van der Waals surface area contributed by atoms with Gasteiger partial charge in [0.2, 0.25) is 0 Å². The molecule has 0 spiro atoms. The molecule has 2 heterocycles. The Kier molecular flexibility index (Phi) is 6.63. The van der Waals surface area contributed by atoms with Crippen LogP contribution in [0.5, 0.6) is 0 Å². The van der Waals surface area contributed by atoms with Gasteiger partial charge in [-0.25, -0.2) is 9.97 Å². The first-order valence-electron chi connectivity index (χ1n) is 9.84. The molecule has 2 N–H and O–H groups in total. The van der Waals surface area contributed by atoms with E-state index in [4.69, 9.17) is 0 Å².